The Morgan fingerprint density at radius 2 is 2.00 bits per heavy atom. The molecule has 2 heterocycles. The van der Waals surface area contributed by atoms with Gasteiger partial charge in [-0.15, -0.1) is 0 Å². The molecule has 1 atom stereocenters. The highest BCUT2D eigenvalue weighted by Gasteiger charge is 2.25. The van der Waals surface area contributed by atoms with Crippen LogP contribution in [0.25, 0.3) is 0 Å². The third-order valence-corrected chi connectivity index (χ3v) is 4.49. The number of nitrogens with zero attached hydrogens (tertiary/aromatic N) is 2. The summed E-state index contributed by atoms with van der Waals surface area (Å²) in [5, 5.41) is 3.48. The summed E-state index contributed by atoms with van der Waals surface area (Å²) in [6, 6.07) is 8.22. The minimum absolute atomic E-state index is 0.269. The smallest absolute Gasteiger partial charge is 0.142 e. The Hall–Kier alpha value is -1.26. The minimum Gasteiger partial charge on any atom is -0.485 e. The average molecular weight is 289 g/mol. The van der Waals surface area contributed by atoms with Crippen molar-refractivity contribution in [3.05, 3.63) is 24.3 Å². The lowest BCUT2D eigenvalue weighted by Crippen LogP contribution is -2.45. The molecular formula is C17H27N3O. The number of nitrogens with one attached hydrogen (secondary N) is 1. The number of fused-ring (bicyclic) bond motifs is 1. The number of benzene rings is 1. The molecule has 1 fully saturated rings. The number of likely N-dealkylation sites (tertiary alicyclic amines) is 1. The van der Waals surface area contributed by atoms with Gasteiger partial charge in [-0.3, -0.25) is 4.90 Å². The van der Waals surface area contributed by atoms with Gasteiger partial charge >= 0.3 is 0 Å². The van der Waals surface area contributed by atoms with Crippen LogP contribution in [0.2, 0.25) is 0 Å². The molecule has 0 aromatic heterocycles. The predicted octanol–water partition coefficient (Wildman–Crippen LogP) is 2.13. The Bertz CT molecular complexity index is 455. The second-order valence-electron chi connectivity index (χ2n) is 6.62. The SMILES string of the molecule is CN(C)CC1CCN(CC2CNc3ccccc3O2)CC1. The number of piperidine rings is 1. The topological polar surface area (TPSA) is 27.7 Å². The van der Waals surface area contributed by atoms with Crippen LogP contribution in [-0.4, -0.2) is 62.7 Å². The van der Waals surface area contributed by atoms with Gasteiger partial charge in [0.05, 0.1) is 12.2 Å². The molecule has 3 rings (SSSR count). The zero-order valence-electron chi connectivity index (χ0n) is 13.2. The van der Waals surface area contributed by atoms with E-state index in [1.807, 2.05) is 12.1 Å². The molecule has 116 valence electrons. The van der Waals surface area contributed by atoms with Gasteiger partial charge < -0.3 is 15.0 Å². The third-order valence-electron chi connectivity index (χ3n) is 4.49. The van der Waals surface area contributed by atoms with E-state index in [-0.39, 0.29) is 6.10 Å². The van der Waals surface area contributed by atoms with E-state index in [9.17, 15) is 0 Å². The molecule has 4 heteroatoms. The molecule has 0 saturated carbocycles. The highest BCUT2D eigenvalue weighted by atomic mass is 16.5. The van der Waals surface area contributed by atoms with Crippen molar-refractivity contribution in [2.45, 2.75) is 18.9 Å². The number of hydrogen-bond donors (Lipinski definition) is 1. The minimum atomic E-state index is 0.269. The Morgan fingerprint density at radius 1 is 1.24 bits per heavy atom. The van der Waals surface area contributed by atoms with Crippen molar-refractivity contribution in [2.24, 2.45) is 5.92 Å². The summed E-state index contributed by atoms with van der Waals surface area (Å²) >= 11 is 0. The summed E-state index contributed by atoms with van der Waals surface area (Å²) in [4.78, 5) is 4.87. The maximum atomic E-state index is 6.11. The number of hydrogen-bond acceptors (Lipinski definition) is 4. The Labute approximate surface area is 128 Å². The normalized spacial score (nSPS) is 23.5. The predicted molar refractivity (Wildman–Crippen MR) is 87.1 cm³/mol. The van der Waals surface area contributed by atoms with E-state index in [2.05, 4.69) is 41.3 Å². The van der Waals surface area contributed by atoms with Crippen molar-refractivity contribution in [3.63, 3.8) is 0 Å². The molecule has 4 nitrogen and oxygen atoms in total. The maximum Gasteiger partial charge on any atom is 0.142 e. The van der Waals surface area contributed by atoms with E-state index in [1.54, 1.807) is 0 Å². The average Bonchev–Trinajstić information content (AvgIpc) is 2.49. The third kappa shape index (κ3) is 3.89. The molecule has 2 aliphatic heterocycles. The summed E-state index contributed by atoms with van der Waals surface area (Å²) in [6.07, 6.45) is 2.90. The fraction of sp³-hybridized carbons (Fsp3) is 0.647. The van der Waals surface area contributed by atoms with E-state index >= 15 is 0 Å². The fourth-order valence-electron chi connectivity index (χ4n) is 3.42. The molecule has 1 aromatic carbocycles. The lowest BCUT2D eigenvalue weighted by Gasteiger charge is -2.36. The molecule has 0 bridgehead atoms. The molecule has 0 aliphatic carbocycles. The van der Waals surface area contributed by atoms with Gasteiger partial charge in [0, 0.05) is 13.1 Å². The quantitative estimate of drug-likeness (QED) is 0.919. The summed E-state index contributed by atoms with van der Waals surface area (Å²) in [5.74, 6) is 1.86. The van der Waals surface area contributed by atoms with E-state index in [0.717, 1.165) is 30.4 Å². The van der Waals surface area contributed by atoms with Crippen LogP contribution in [0.3, 0.4) is 0 Å². The van der Waals surface area contributed by atoms with Crippen molar-refractivity contribution >= 4 is 5.69 Å². The summed E-state index contributed by atoms with van der Waals surface area (Å²) < 4.78 is 6.11. The molecule has 21 heavy (non-hydrogen) atoms. The van der Waals surface area contributed by atoms with Crippen LogP contribution in [0.4, 0.5) is 5.69 Å². The van der Waals surface area contributed by atoms with Gasteiger partial charge in [-0.05, 0) is 58.1 Å². The number of para-hydroxylation sites is 2. The van der Waals surface area contributed by atoms with Gasteiger partial charge in [0.15, 0.2) is 0 Å². The standard InChI is InChI=1S/C17H27N3O/c1-19(2)12-14-7-9-20(10-8-14)13-15-11-18-16-5-3-4-6-17(16)21-15/h3-6,14-15,18H,7-13H2,1-2H3. The van der Waals surface area contributed by atoms with Gasteiger partial charge in [-0.2, -0.15) is 0 Å². The van der Waals surface area contributed by atoms with E-state index in [0.29, 0.717) is 0 Å². The molecule has 1 unspecified atom stereocenters. The lowest BCUT2D eigenvalue weighted by molar-refractivity contribution is 0.101. The molecule has 1 saturated heterocycles. The maximum absolute atomic E-state index is 6.11. The zero-order chi connectivity index (χ0) is 14.7. The van der Waals surface area contributed by atoms with Crippen LogP contribution >= 0.6 is 0 Å². The zero-order valence-corrected chi connectivity index (χ0v) is 13.2. The second-order valence-corrected chi connectivity index (χ2v) is 6.62. The van der Waals surface area contributed by atoms with Crippen molar-refractivity contribution in [2.75, 3.05) is 52.1 Å². The molecule has 0 spiro atoms. The van der Waals surface area contributed by atoms with E-state index in [4.69, 9.17) is 4.74 Å². The molecular weight excluding hydrogens is 262 g/mol. The molecule has 1 aromatic rings. The Kier molecular flexibility index (Phi) is 4.66. The van der Waals surface area contributed by atoms with Crippen LogP contribution in [-0.2, 0) is 0 Å². The highest BCUT2D eigenvalue weighted by molar-refractivity contribution is 5.57. The van der Waals surface area contributed by atoms with Gasteiger partial charge in [-0.25, -0.2) is 0 Å². The first-order valence-corrected chi connectivity index (χ1v) is 8.07. The van der Waals surface area contributed by atoms with Crippen LogP contribution in [0.15, 0.2) is 24.3 Å². The fourth-order valence-corrected chi connectivity index (χ4v) is 3.42. The van der Waals surface area contributed by atoms with Gasteiger partial charge in [0.25, 0.3) is 0 Å². The van der Waals surface area contributed by atoms with Crippen molar-refractivity contribution < 1.29 is 4.74 Å². The van der Waals surface area contributed by atoms with Crippen molar-refractivity contribution in [3.8, 4) is 5.75 Å². The number of ether oxygens (including phenoxy) is 1. The monoisotopic (exact) mass is 289 g/mol. The first-order chi connectivity index (χ1) is 10.2. The van der Waals surface area contributed by atoms with Crippen LogP contribution in [0, 0.1) is 5.92 Å². The highest BCUT2D eigenvalue weighted by Crippen LogP contribution is 2.28. The van der Waals surface area contributed by atoms with Crippen LogP contribution in [0.1, 0.15) is 12.8 Å². The molecule has 0 radical (unpaired) electrons. The van der Waals surface area contributed by atoms with Crippen molar-refractivity contribution in [1.82, 2.24) is 9.80 Å². The van der Waals surface area contributed by atoms with Gasteiger partial charge in [0.1, 0.15) is 11.9 Å². The Morgan fingerprint density at radius 3 is 2.76 bits per heavy atom. The van der Waals surface area contributed by atoms with E-state index in [1.165, 1.54) is 32.5 Å². The summed E-state index contributed by atoms with van der Waals surface area (Å²) in [5.41, 5.74) is 1.12. The second kappa shape index (κ2) is 6.67. The lowest BCUT2D eigenvalue weighted by atomic mass is 9.96. The van der Waals surface area contributed by atoms with Crippen molar-refractivity contribution in [1.29, 1.82) is 0 Å². The first kappa shape index (κ1) is 14.7. The first-order valence-electron chi connectivity index (χ1n) is 8.07. The summed E-state index contributed by atoms with van der Waals surface area (Å²) in [7, 11) is 4.34. The largest absolute Gasteiger partial charge is 0.485 e. The number of anilines is 1. The molecule has 1 N–H and O–H groups in total. The van der Waals surface area contributed by atoms with Gasteiger partial charge in [-0.1, -0.05) is 12.1 Å². The molecule has 0 amide bonds. The molecule has 2 aliphatic rings. The van der Waals surface area contributed by atoms with Crippen LogP contribution < -0.4 is 10.1 Å². The Balaban J connectivity index is 1.46. The number of rotatable bonds is 4. The van der Waals surface area contributed by atoms with E-state index < -0.39 is 0 Å². The van der Waals surface area contributed by atoms with Gasteiger partial charge in [0.2, 0.25) is 0 Å². The summed E-state index contributed by atoms with van der Waals surface area (Å²) in [6.45, 7) is 5.59. The van der Waals surface area contributed by atoms with Crippen LogP contribution in [0.5, 0.6) is 5.75 Å².